The number of hydrogen-bond donors (Lipinski definition) is 1. The van der Waals surface area contributed by atoms with Crippen molar-refractivity contribution in [3.63, 3.8) is 0 Å². The second-order valence-corrected chi connectivity index (χ2v) is 4.22. The smallest absolute Gasteiger partial charge is 0.134 e. The molecule has 18 heavy (non-hydrogen) atoms. The molecule has 2 aromatic rings. The van der Waals surface area contributed by atoms with Crippen LogP contribution in [0.4, 0.5) is 8.78 Å². The van der Waals surface area contributed by atoms with Crippen molar-refractivity contribution in [2.75, 3.05) is 6.61 Å². The normalized spacial score (nSPS) is 10.7. The van der Waals surface area contributed by atoms with Gasteiger partial charge in [0.25, 0.3) is 0 Å². The molecule has 0 aliphatic carbocycles. The minimum atomic E-state index is -0.457. The lowest BCUT2D eigenvalue weighted by atomic mass is 9.99. The molecule has 0 radical (unpaired) electrons. The summed E-state index contributed by atoms with van der Waals surface area (Å²) >= 11 is 0. The van der Waals surface area contributed by atoms with Crippen LogP contribution in [0.3, 0.4) is 0 Å². The molecule has 3 heteroatoms. The molecule has 0 saturated heterocycles. The van der Waals surface area contributed by atoms with Gasteiger partial charge in [-0.2, -0.15) is 0 Å². The van der Waals surface area contributed by atoms with Gasteiger partial charge in [-0.25, -0.2) is 8.78 Å². The molecule has 0 heterocycles. The Bertz CT molecular complexity index is 564. The lowest BCUT2D eigenvalue weighted by molar-refractivity contribution is 0.299. The molecule has 0 spiro atoms. The average Bonchev–Trinajstić information content (AvgIpc) is 2.36. The van der Waals surface area contributed by atoms with Crippen LogP contribution < -0.4 is 0 Å². The monoisotopic (exact) mass is 248 g/mol. The van der Waals surface area contributed by atoms with E-state index in [1.54, 1.807) is 37.3 Å². The van der Waals surface area contributed by atoms with E-state index >= 15 is 0 Å². The van der Waals surface area contributed by atoms with Crippen LogP contribution in [0.15, 0.2) is 36.4 Å². The fourth-order valence-corrected chi connectivity index (χ4v) is 1.92. The Morgan fingerprint density at radius 2 is 1.83 bits per heavy atom. The van der Waals surface area contributed by atoms with Gasteiger partial charge in [-0.1, -0.05) is 24.3 Å². The molecule has 0 aliphatic heterocycles. The second kappa shape index (κ2) is 5.27. The Labute approximate surface area is 105 Å². The Kier molecular flexibility index (Phi) is 3.72. The number of halogens is 2. The Morgan fingerprint density at radius 3 is 2.56 bits per heavy atom. The molecule has 0 atom stereocenters. The predicted octanol–water partition coefficient (Wildman–Crippen LogP) is 3.48. The van der Waals surface area contributed by atoms with Crippen molar-refractivity contribution in [1.82, 2.24) is 0 Å². The van der Waals surface area contributed by atoms with Crippen molar-refractivity contribution in [3.05, 3.63) is 59.2 Å². The summed E-state index contributed by atoms with van der Waals surface area (Å²) in [6.07, 6.45) is 0.431. The van der Waals surface area contributed by atoms with Crippen LogP contribution in [-0.2, 0) is 6.42 Å². The zero-order valence-electron chi connectivity index (χ0n) is 10.1. The van der Waals surface area contributed by atoms with Crippen LogP contribution in [0.2, 0.25) is 0 Å². The van der Waals surface area contributed by atoms with Gasteiger partial charge in [0.05, 0.1) is 0 Å². The second-order valence-electron chi connectivity index (χ2n) is 4.22. The van der Waals surface area contributed by atoms with Crippen LogP contribution in [0, 0.1) is 18.6 Å². The predicted molar refractivity (Wildman–Crippen MR) is 67.3 cm³/mol. The van der Waals surface area contributed by atoms with Gasteiger partial charge in [0.2, 0.25) is 0 Å². The SMILES string of the molecule is Cc1cccc(-c2cc(CCO)ccc2F)c1F. The molecule has 94 valence electrons. The van der Waals surface area contributed by atoms with Gasteiger partial charge >= 0.3 is 0 Å². The Hall–Kier alpha value is -1.74. The third-order valence-electron chi connectivity index (χ3n) is 2.91. The summed E-state index contributed by atoms with van der Waals surface area (Å²) < 4.78 is 27.7. The zero-order valence-corrected chi connectivity index (χ0v) is 10.1. The van der Waals surface area contributed by atoms with Crippen LogP contribution in [0.1, 0.15) is 11.1 Å². The van der Waals surface area contributed by atoms with Gasteiger partial charge in [-0.15, -0.1) is 0 Å². The largest absolute Gasteiger partial charge is 0.396 e. The van der Waals surface area contributed by atoms with Crippen molar-refractivity contribution in [2.45, 2.75) is 13.3 Å². The van der Waals surface area contributed by atoms with E-state index < -0.39 is 11.6 Å². The highest BCUT2D eigenvalue weighted by Crippen LogP contribution is 2.28. The fourth-order valence-electron chi connectivity index (χ4n) is 1.92. The number of rotatable bonds is 3. The van der Waals surface area contributed by atoms with Crippen LogP contribution >= 0.6 is 0 Å². The van der Waals surface area contributed by atoms with Crippen molar-refractivity contribution in [2.24, 2.45) is 0 Å². The molecule has 0 bridgehead atoms. The minimum Gasteiger partial charge on any atom is -0.396 e. The Balaban J connectivity index is 2.55. The molecule has 1 nitrogen and oxygen atoms in total. The quantitative estimate of drug-likeness (QED) is 0.881. The van der Waals surface area contributed by atoms with Crippen molar-refractivity contribution in [3.8, 4) is 11.1 Å². The summed E-state index contributed by atoms with van der Waals surface area (Å²) in [4.78, 5) is 0. The topological polar surface area (TPSA) is 20.2 Å². The molecule has 0 unspecified atom stereocenters. The van der Waals surface area contributed by atoms with Gasteiger partial charge in [-0.3, -0.25) is 0 Å². The van der Waals surface area contributed by atoms with Crippen LogP contribution in [-0.4, -0.2) is 11.7 Å². The van der Waals surface area contributed by atoms with Crippen molar-refractivity contribution < 1.29 is 13.9 Å². The van der Waals surface area contributed by atoms with E-state index in [1.807, 2.05) is 0 Å². The first-order valence-corrected chi connectivity index (χ1v) is 5.78. The number of aliphatic hydroxyl groups is 1. The number of aryl methyl sites for hydroxylation is 1. The third kappa shape index (κ3) is 2.41. The summed E-state index contributed by atoms with van der Waals surface area (Å²) in [7, 11) is 0. The van der Waals surface area contributed by atoms with Crippen molar-refractivity contribution in [1.29, 1.82) is 0 Å². The maximum atomic E-state index is 14.0. The molecule has 2 aromatic carbocycles. The summed E-state index contributed by atoms with van der Waals surface area (Å²) in [6.45, 7) is 1.63. The number of hydrogen-bond acceptors (Lipinski definition) is 1. The molecular formula is C15H14F2O. The standard InChI is InChI=1S/C15H14F2O/c1-10-3-2-4-12(15(10)17)13-9-11(7-8-18)5-6-14(13)16/h2-6,9,18H,7-8H2,1H3. The first kappa shape index (κ1) is 12.7. The number of aliphatic hydroxyl groups excluding tert-OH is 1. The highest BCUT2D eigenvalue weighted by atomic mass is 19.1. The lowest BCUT2D eigenvalue weighted by Gasteiger charge is -2.09. The molecule has 0 aliphatic rings. The molecule has 0 saturated carbocycles. The molecule has 1 N–H and O–H groups in total. The highest BCUT2D eigenvalue weighted by Gasteiger charge is 2.12. The Morgan fingerprint density at radius 1 is 1.06 bits per heavy atom. The molecule has 0 amide bonds. The van der Waals surface area contributed by atoms with Crippen LogP contribution in [0.25, 0.3) is 11.1 Å². The van der Waals surface area contributed by atoms with Gasteiger partial charge in [-0.05, 0) is 36.6 Å². The first-order valence-electron chi connectivity index (χ1n) is 5.78. The fraction of sp³-hybridized carbons (Fsp3) is 0.200. The lowest BCUT2D eigenvalue weighted by Crippen LogP contribution is -1.95. The maximum Gasteiger partial charge on any atom is 0.134 e. The molecule has 0 aromatic heterocycles. The van der Waals surface area contributed by atoms with E-state index in [0.29, 0.717) is 12.0 Å². The summed E-state index contributed by atoms with van der Waals surface area (Å²) in [5.41, 5.74) is 1.77. The molecular weight excluding hydrogens is 234 g/mol. The molecule has 0 fully saturated rings. The summed E-state index contributed by atoms with van der Waals surface area (Å²) in [5.74, 6) is -0.862. The average molecular weight is 248 g/mol. The number of benzene rings is 2. The van der Waals surface area contributed by atoms with E-state index in [0.717, 1.165) is 5.56 Å². The van der Waals surface area contributed by atoms with Gasteiger partial charge in [0, 0.05) is 17.7 Å². The third-order valence-corrected chi connectivity index (χ3v) is 2.91. The summed E-state index contributed by atoms with van der Waals surface area (Å²) in [6, 6.07) is 9.40. The van der Waals surface area contributed by atoms with Crippen molar-refractivity contribution >= 4 is 0 Å². The van der Waals surface area contributed by atoms with E-state index in [4.69, 9.17) is 5.11 Å². The van der Waals surface area contributed by atoms with E-state index in [9.17, 15) is 8.78 Å². The summed E-state index contributed by atoms with van der Waals surface area (Å²) in [5, 5.41) is 8.88. The van der Waals surface area contributed by atoms with E-state index in [-0.39, 0.29) is 17.7 Å². The van der Waals surface area contributed by atoms with Gasteiger partial charge in [0.15, 0.2) is 0 Å². The van der Waals surface area contributed by atoms with Gasteiger partial charge < -0.3 is 5.11 Å². The van der Waals surface area contributed by atoms with E-state index in [1.165, 1.54) is 6.07 Å². The maximum absolute atomic E-state index is 14.0. The first-order chi connectivity index (χ1) is 8.63. The highest BCUT2D eigenvalue weighted by molar-refractivity contribution is 5.66. The minimum absolute atomic E-state index is 0.0125. The van der Waals surface area contributed by atoms with Crippen LogP contribution in [0.5, 0.6) is 0 Å². The zero-order chi connectivity index (χ0) is 13.1. The molecule has 2 rings (SSSR count). The van der Waals surface area contributed by atoms with Gasteiger partial charge in [0.1, 0.15) is 11.6 Å². The van der Waals surface area contributed by atoms with E-state index in [2.05, 4.69) is 0 Å².